The molecule has 0 bridgehead atoms. The van der Waals surface area contributed by atoms with E-state index in [0.29, 0.717) is 5.82 Å². The van der Waals surface area contributed by atoms with Crippen LogP contribution in [0.25, 0.3) is 106 Å². The highest BCUT2D eigenvalue weighted by atomic mass is 15.0. The van der Waals surface area contributed by atoms with Crippen LogP contribution in [0.15, 0.2) is 237 Å². The standard InChI is InChI=1S/C58H39N3/c1-5-17-40(18-6-1)42-31-33-44(34-32-42)53-39-54(60-58(59-53)45-23-11-4-12-24-45)48-27-15-25-46(35-48)47-26-16-28-50(36-47)61-55-30-14-13-29-51(55)57-52(43-21-9-3-10-22-43)37-49(38-56(57)61)41-19-7-2-8-20-41/h1-39H. The van der Waals surface area contributed by atoms with Crippen molar-refractivity contribution in [2.75, 3.05) is 0 Å². The van der Waals surface area contributed by atoms with Crippen molar-refractivity contribution in [3.05, 3.63) is 237 Å². The Hall–Kier alpha value is -8.14. The highest BCUT2D eigenvalue weighted by Gasteiger charge is 2.19. The Kier molecular flexibility index (Phi) is 9.18. The quantitative estimate of drug-likeness (QED) is 0.154. The minimum Gasteiger partial charge on any atom is -0.309 e. The van der Waals surface area contributed by atoms with Gasteiger partial charge in [0.25, 0.3) is 0 Å². The normalized spacial score (nSPS) is 11.3. The van der Waals surface area contributed by atoms with Crippen LogP contribution in [0.1, 0.15) is 0 Å². The minimum atomic E-state index is 0.698. The molecular formula is C58H39N3. The zero-order valence-electron chi connectivity index (χ0n) is 33.4. The summed E-state index contributed by atoms with van der Waals surface area (Å²) in [5, 5.41) is 2.48. The molecule has 0 aliphatic rings. The van der Waals surface area contributed by atoms with Crippen molar-refractivity contribution < 1.29 is 0 Å². The third-order valence-electron chi connectivity index (χ3n) is 11.6. The second-order valence-corrected chi connectivity index (χ2v) is 15.4. The van der Waals surface area contributed by atoms with Crippen LogP contribution < -0.4 is 0 Å². The van der Waals surface area contributed by atoms with E-state index in [-0.39, 0.29) is 0 Å². The van der Waals surface area contributed by atoms with Crippen LogP contribution in [-0.4, -0.2) is 14.5 Å². The molecule has 0 saturated carbocycles. The molecule has 0 aliphatic heterocycles. The van der Waals surface area contributed by atoms with E-state index in [2.05, 4.69) is 217 Å². The van der Waals surface area contributed by atoms with Gasteiger partial charge in [0.15, 0.2) is 5.82 Å². The molecule has 0 unspecified atom stereocenters. The summed E-state index contributed by atoms with van der Waals surface area (Å²) in [6.07, 6.45) is 0. The van der Waals surface area contributed by atoms with E-state index in [9.17, 15) is 0 Å². The summed E-state index contributed by atoms with van der Waals surface area (Å²) in [7, 11) is 0. The predicted octanol–water partition coefficient (Wildman–Crippen LogP) is 15.2. The minimum absolute atomic E-state index is 0.698. The molecule has 11 aromatic rings. The Morgan fingerprint density at radius 3 is 1.46 bits per heavy atom. The first-order chi connectivity index (χ1) is 30.2. The number of nitrogens with zero attached hydrogens (tertiary/aromatic N) is 3. The number of hydrogen-bond acceptors (Lipinski definition) is 2. The molecule has 3 nitrogen and oxygen atoms in total. The van der Waals surface area contributed by atoms with E-state index in [4.69, 9.17) is 9.97 Å². The average Bonchev–Trinajstić information content (AvgIpc) is 3.69. The van der Waals surface area contributed by atoms with E-state index in [0.717, 1.165) is 44.9 Å². The molecule has 9 aromatic carbocycles. The largest absolute Gasteiger partial charge is 0.309 e. The topological polar surface area (TPSA) is 30.7 Å². The van der Waals surface area contributed by atoms with Gasteiger partial charge < -0.3 is 4.57 Å². The van der Waals surface area contributed by atoms with E-state index in [1.54, 1.807) is 0 Å². The van der Waals surface area contributed by atoms with Gasteiger partial charge in [0.2, 0.25) is 0 Å². The van der Waals surface area contributed by atoms with Crippen LogP contribution in [0.4, 0.5) is 0 Å². The summed E-state index contributed by atoms with van der Waals surface area (Å²) < 4.78 is 2.43. The molecule has 286 valence electrons. The van der Waals surface area contributed by atoms with Crippen LogP contribution in [0.5, 0.6) is 0 Å². The summed E-state index contributed by atoms with van der Waals surface area (Å²) in [4.78, 5) is 10.3. The van der Waals surface area contributed by atoms with Crippen molar-refractivity contribution in [2.24, 2.45) is 0 Å². The first-order valence-corrected chi connectivity index (χ1v) is 20.7. The van der Waals surface area contributed by atoms with Gasteiger partial charge in [0, 0.05) is 33.2 Å². The van der Waals surface area contributed by atoms with Gasteiger partial charge in [-0.05, 0) is 87.0 Å². The maximum Gasteiger partial charge on any atom is 0.160 e. The lowest BCUT2D eigenvalue weighted by Crippen LogP contribution is -1.96. The second kappa shape index (κ2) is 15.6. The van der Waals surface area contributed by atoms with Crippen molar-refractivity contribution >= 4 is 21.8 Å². The molecule has 0 aliphatic carbocycles. The lowest BCUT2D eigenvalue weighted by molar-refractivity contribution is 1.18. The summed E-state index contributed by atoms with van der Waals surface area (Å²) in [6.45, 7) is 0. The summed E-state index contributed by atoms with van der Waals surface area (Å²) >= 11 is 0. The average molecular weight is 778 g/mol. The number of para-hydroxylation sites is 1. The van der Waals surface area contributed by atoms with Gasteiger partial charge in [-0.15, -0.1) is 0 Å². The molecular weight excluding hydrogens is 739 g/mol. The number of aromatic nitrogens is 3. The lowest BCUT2D eigenvalue weighted by Gasteiger charge is -2.14. The second-order valence-electron chi connectivity index (χ2n) is 15.4. The Morgan fingerprint density at radius 2 is 0.770 bits per heavy atom. The molecule has 0 N–H and O–H groups in total. The van der Waals surface area contributed by atoms with Gasteiger partial charge in [-0.3, -0.25) is 0 Å². The van der Waals surface area contributed by atoms with Crippen molar-refractivity contribution in [1.29, 1.82) is 0 Å². The van der Waals surface area contributed by atoms with Gasteiger partial charge in [0.1, 0.15) is 0 Å². The third kappa shape index (κ3) is 6.88. The van der Waals surface area contributed by atoms with E-state index < -0.39 is 0 Å². The molecule has 2 heterocycles. The summed E-state index contributed by atoms with van der Waals surface area (Å²) in [5.74, 6) is 0.698. The first kappa shape index (κ1) is 36.0. The van der Waals surface area contributed by atoms with Crippen LogP contribution in [0.3, 0.4) is 0 Å². The van der Waals surface area contributed by atoms with E-state index >= 15 is 0 Å². The first-order valence-electron chi connectivity index (χ1n) is 20.7. The smallest absolute Gasteiger partial charge is 0.160 e. The van der Waals surface area contributed by atoms with E-state index in [1.165, 1.54) is 55.2 Å². The van der Waals surface area contributed by atoms with Crippen molar-refractivity contribution in [1.82, 2.24) is 14.5 Å². The van der Waals surface area contributed by atoms with Crippen LogP contribution in [0, 0.1) is 0 Å². The van der Waals surface area contributed by atoms with Crippen molar-refractivity contribution in [2.45, 2.75) is 0 Å². The number of hydrogen-bond donors (Lipinski definition) is 0. The lowest BCUT2D eigenvalue weighted by atomic mass is 9.94. The highest BCUT2D eigenvalue weighted by molar-refractivity contribution is 6.17. The van der Waals surface area contributed by atoms with Gasteiger partial charge >= 0.3 is 0 Å². The van der Waals surface area contributed by atoms with Crippen molar-refractivity contribution in [3.8, 4) is 84.1 Å². The Morgan fingerprint density at radius 1 is 0.279 bits per heavy atom. The molecule has 0 spiro atoms. The van der Waals surface area contributed by atoms with Gasteiger partial charge in [-0.1, -0.05) is 194 Å². The van der Waals surface area contributed by atoms with Crippen LogP contribution in [0.2, 0.25) is 0 Å². The SMILES string of the molecule is c1ccc(-c2ccc(-c3cc(-c4cccc(-c5cccc(-n6c7ccccc7c7c(-c8ccccc8)cc(-c8ccccc8)cc76)c5)c4)nc(-c4ccccc4)n3)cc2)cc1. The number of rotatable bonds is 8. The predicted molar refractivity (Wildman–Crippen MR) is 254 cm³/mol. The zero-order chi connectivity index (χ0) is 40.5. The highest BCUT2D eigenvalue weighted by Crippen LogP contribution is 2.42. The molecule has 0 fully saturated rings. The number of fused-ring (bicyclic) bond motifs is 3. The monoisotopic (exact) mass is 777 g/mol. The molecule has 11 rings (SSSR count). The fourth-order valence-corrected chi connectivity index (χ4v) is 8.62. The molecule has 3 heteroatoms. The fraction of sp³-hybridized carbons (Fsp3) is 0. The maximum absolute atomic E-state index is 5.18. The molecule has 0 atom stereocenters. The Labute approximate surface area is 355 Å². The van der Waals surface area contributed by atoms with Gasteiger partial charge in [0.05, 0.1) is 22.4 Å². The van der Waals surface area contributed by atoms with Crippen LogP contribution >= 0.6 is 0 Å². The Bertz CT molecular complexity index is 3320. The van der Waals surface area contributed by atoms with Crippen LogP contribution in [-0.2, 0) is 0 Å². The van der Waals surface area contributed by atoms with Crippen molar-refractivity contribution in [3.63, 3.8) is 0 Å². The molecule has 0 saturated heterocycles. The molecule has 2 aromatic heterocycles. The third-order valence-corrected chi connectivity index (χ3v) is 11.6. The zero-order valence-corrected chi connectivity index (χ0v) is 33.4. The Balaban J connectivity index is 1.04. The maximum atomic E-state index is 5.18. The molecule has 61 heavy (non-hydrogen) atoms. The molecule has 0 amide bonds. The summed E-state index contributed by atoms with van der Waals surface area (Å²) in [5.41, 5.74) is 17.7. The molecule has 0 radical (unpaired) electrons. The van der Waals surface area contributed by atoms with E-state index in [1.807, 2.05) is 24.3 Å². The fourth-order valence-electron chi connectivity index (χ4n) is 8.62. The van der Waals surface area contributed by atoms with Gasteiger partial charge in [-0.25, -0.2) is 9.97 Å². The van der Waals surface area contributed by atoms with Gasteiger partial charge in [-0.2, -0.15) is 0 Å². The summed E-state index contributed by atoms with van der Waals surface area (Å²) in [6, 6.07) is 84.1. The number of benzene rings is 9.